The first-order valence-corrected chi connectivity index (χ1v) is 8.94. The van der Waals surface area contributed by atoms with E-state index in [1.54, 1.807) is 7.11 Å². The van der Waals surface area contributed by atoms with Crippen molar-refractivity contribution in [2.24, 2.45) is 0 Å². The lowest BCUT2D eigenvalue weighted by Gasteiger charge is -2.09. The van der Waals surface area contributed by atoms with E-state index in [1.165, 1.54) is 0 Å². The van der Waals surface area contributed by atoms with Crippen LogP contribution in [0.1, 0.15) is 32.1 Å². The number of methoxy groups -OCH3 is 1. The smallest absolute Gasteiger partial charge is 0.305 e. The predicted molar refractivity (Wildman–Crippen MR) is 94.2 cm³/mol. The molecule has 7 heteroatoms. The van der Waals surface area contributed by atoms with Gasteiger partial charge >= 0.3 is 5.97 Å². The Kier molecular flexibility index (Phi) is 17.4. The summed E-state index contributed by atoms with van der Waals surface area (Å²) in [6.45, 7) is 2.87. The summed E-state index contributed by atoms with van der Waals surface area (Å²) >= 11 is 8.62. The Hall–Kier alpha value is 0.0500. The molecule has 0 aliphatic heterocycles. The van der Waals surface area contributed by atoms with Crippen LogP contribution in [0.15, 0.2) is 0 Å². The Balaban J connectivity index is 3.22. The van der Waals surface area contributed by atoms with Gasteiger partial charge in [-0.15, -0.1) is 0 Å². The SMILES string of the molecule is COCCOCCOCCOC(=O)CCCCC(S)CCS. The Morgan fingerprint density at radius 1 is 0.955 bits per heavy atom. The highest BCUT2D eigenvalue weighted by atomic mass is 32.1. The first kappa shape index (κ1) is 22.1. The summed E-state index contributed by atoms with van der Waals surface area (Å²) in [6, 6.07) is 0. The van der Waals surface area contributed by atoms with E-state index < -0.39 is 0 Å². The second-order valence-electron chi connectivity index (χ2n) is 4.85. The molecular weight excluding hydrogens is 324 g/mol. The van der Waals surface area contributed by atoms with E-state index in [-0.39, 0.29) is 5.97 Å². The van der Waals surface area contributed by atoms with Gasteiger partial charge in [-0.2, -0.15) is 25.3 Å². The quantitative estimate of drug-likeness (QED) is 0.253. The lowest BCUT2D eigenvalue weighted by Crippen LogP contribution is -2.13. The van der Waals surface area contributed by atoms with Gasteiger partial charge in [-0.25, -0.2) is 0 Å². The third-order valence-corrected chi connectivity index (χ3v) is 3.70. The van der Waals surface area contributed by atoms with Crippen molar-refractivity contribution in [3.63, 3.8) is 0 Å². The lowest BCUT2D eigenvalue weighted by molar-refractivity contribution is -0.145. The molecule has 0 rings (SSSR count). The fourth-order valence-electron chi connectivity index (χ4n) is 1.69. The van der Waals surface area contributed by atoms with Gasteiger partial charge in [0, 0.05) is 18.8 Å². The van der Waals surface area contributed by atoms with E-state index in [0.717, 1.165) is 31.4 Å². The monoisotopic (exact) mass is 354 g/mol. The molecule has 0 radical (unpaired) electrons. The van der Waals surface area contributed by atoms with Crippen LogP contribution in [0.5, 0.6) is 0 Å². The van der Waals surface area contributed by atoms with Crippen molar-refractivity contribution >= 4 is 31.2 Å². The molecule has 0 N–H and O–H groups in total. The van der Waals surface area contributed by atoms with Crippen LogP contribution in [0.25, 0.3) is 0 Å². The molecule has 0 aromatic rings. The normalized spacial score (nSPS) is 12.3. The van der Waals surface area contributed by atoms with Gasteiger partial charge in [-0.1, -0.05) is 6.42 Å². The maximum atomic E-state index is 11.5. The number of rotatable bonds is 16. The van der Waals surface area contributed by atoms with Gasteiger partial charge in [-0.05, 0) is 25.0 Å². The Bertz CT molecular complexity index is 254. The van der Waals surface area contributed by atoms with Gasteiger partial charge in [-0.3, -0.25) is 4.79 Å². The minimum Gasteiger partial charge on any atom is -0.463 e. The highest BCUT2D eigenvalue weighted by Crippen LogP contribution is 2.12. The summed E-state index contributed by atoms with van der Waals surface area (Å²) in [7, 11) is 1.63. The molecule has 0 spiro atoms. The molecule has 0 aliphatic carbocycles. The zero-order chi connectivity index (χ0) is 16.5. The van der Waals surface area contributed by atoms with Crippen LogP contribution >= 0.6 is 25.3 Å². The number of ether oxygens (including phenoxy) is 4. The van der Waals surface area contributed by atoms with Crippen LogP contribution < -0.4 is 0 Å². The fraction of sp³-hybridized carbons (Fsp3) is 0.933. The number of carbonyl (C=O) groups is 1. The molecule has 1 atom stereocenters. The van der Waals surface area contributed by atoms with Crippen molar-refractivity contribution in [3.05, 3.63) is 0 Å². The Morgan fingerprint density at radius 3 is 2.23 bits per heavy atom. The standard InChI is InChI=1S/C15H30O5S2/c1-17-7-8-18-9-10-19-11-12-20-15(16)5-3-2-4-14(22)6-13-21/h14,21-22H,2-13H2,1H3. The van der Waals surface area contributed by atoms with Crippen molar-refractivity contribution in [2.75, 3.05) is 52.5 Å². The molecule has 0 amide bonds. The van der Waals surface area contributed by atoms with E-state index in [4.69, 9.17) is 18.9 Å². The molecule has 22 heavy (non-hydrogen) atoms. The molecule has 0 aromatic heterocycles. The van der Waals surface area contributed by atoms with Crippen molar-refractivity contribution in [3.8, 4) is 0 Å². The molecule has 0 fully saturated rings. The highest BCUT2D eigenvalue weighted by Gasteiger charge is 2.05. The highest BCUT2D eigenvalue weighted by molar-refractivity contribution is 7.81. The zero-order valence-electron chi connectivity index (χ0n) is 13.5. The molecule has 0 aromatic carbocycles. The van der Waals surface area contributed by atoms with Gasteiger partial charge in [0.25, 0.3) is 0 Å². The summed E-state index contributed by atoms with van der Waals surface area (Å²) in [5.41, 5.74) is 0. The number of unbranched alkanes of at least 4 members (excludes halogenated alkanes) is 1. The van der Waals surface area contributed by atoms with Crippen molar-refractivity contribution in [1.29, 1.82) is 0 Å². The van der Waals surface area contributed by atoms with E-state index in [9.17, 15) is 4.79 Å². The van der Waals surface area contributed by atoms with Crippen molar-refractivity contribution in [2.45, 2.75) is 37.4 Å². The molecule has 0 heterocycles. The minimum atomic E-state index is -0.162. The molecule has 132 valence electrons. The van der Waals surface area contributed by atoms with Gasteiger partial charge < -0.3 is 18.9 Å². The van der Waals surface area contributed by atoms with Crippen LogP contribution in [0.3, 0.4) is 0 Å². The van der Waals surface area contributed by atoms with E-state index >= 15 is 0 Å². The van der Waals surface area contributed by atoms with Crippen LogP contribution in [0, 0.1) is 0 Å². The maximum absolute atomic E-state index is 11.5. The minimum absolute atomic E-state index is 0.162. The Morgan fingerprint density at radius 2 is 1.59 bits per heavy atom. The second-order valence-corrected chi connectivity index (χ2v) is 6.03. The molecule has 5 nitrogen and oxygen atoms in total. The molecule has 0 aliphatic rings. The number of hydrogen-bond acceptors (Lipinski definition) is 7. The van der Waals surface area contributed by atoms with Crippen LogP contribution in [-0.2, 0) is 23.7 Å². The average Bonchev–Trinajstić information content (AvgIpc) is 2.50. The van der Waals surface area contributed by atoms with Gasteiger partial charge in [0.2, 0.25) is 0 Å². The molecule has 0 saturated carbocycles. The first-order valence-electron chi connectivity index (χ1n) is 7.79. The summed E-state index contributed by atoms with van der Waals surface area (Å²) in [5.74, 6) is 0.693. The third kappa shape index (κ3) is 16.4. The van der Waals surface area contributed by atoms with Crippen LogP contribution in [-0.4, -0.2) is 63.7 Å². The number of hydrogen-bond donors (Lipinski definition) is 2. The first-order chi connectivity index (χ1) is 10.7. The largest absolute Gasteiger partial charge is 0.463 e. The number of carbonyl (C=O) groups excluding carboxylic acids is 1. The lowest BCUT2D eigenvalue weighted by atomic mass is 10.1. The van der Waals surface area contributed by atoms with Gasteiger partial charge in [0.15, 0.2) is 0 Å². The van der Waals surface area contributed by atoms with Crippen molar-refractivity contribution in [1.82, 2.24) is 0 Å². The van der Waals surface area contributed by atoms with Crippen LogP contribution in [0.4, 0.5) is 0 Å². The summed E-state index contributed by atoms with van der Waals surface area (Å²) in [4.78, 5) is 11.5. The fourth-order valence-corrected chi connectivity index (χ4v) is 2.52. The van der Waals surface area contributed by atoms with Gasteiger partial charge in [0.1, 0.15) is 6.61 Å². The summed E-state index contributed by atoms with van der Waals surface area (Å²) < 4.78 is 20.5. The number of esters is 1. The van der Waals surface area contributed by atoms with Gasteiger partial charge in [0.05, 0.1) is 33.0 Å². The summed E-state index contributed by atoms with van der Waals surface area (Å²) in [6.07, 6.45) is 4.32. The Labute approximate surface area is 145 Å². The zero-order valence-corrected chi connectivity index (χ0v) is 15.3. The van der Waals surface area contributed by atoms with Crippen molar-refractivity contribution < 1.29 is 23.7 Å². The van der Waals surface area contributed by atoms with E-state index in [1.807, 2.05) is 0 Å². The second kappa shape index (κ2) is 17.4. The maximum Gasteiger partial charge on any atom is 0.305 e. The molecule has 1 unspecified atom stereocenters. The number of thiol groups is 2. The average molecular weight is 355 g/mol. The van der Waals surface area contributed by atoms with Crippen LogP contribution in [0.2, 0.25) is 0 Å². The molecular formula is C15H30O5S2. The topological polar surface area (TPSA) is 54.0 Å². The predicted octanol–water partition coefficient (Wildman–Crippen LogP) is 2.39. The van der Waals surface area contributed by atoms with E-state index in [2.05, 4.69) is 25.3 Å². The van der Waals surface area contributed by atoms with E-state index in [0.29, 0.717) is 51.3 Å². The molecule has 0 saturated heterocycles. The summed E-state index contributed by atoms with van der Waals surface area (Å²) in [5, 5.41) is 0.382. The molecule has 0 bridgehead atoms. The third-order valence-electron chi connectivity index (χ3n) is 2.93.